The molecular formula is C11H14N4O3. The minimum absolute atomic E-state index is 0.188. The van der Waals surface area contributed by atoms with Gasteiger partial charge in [0.15, 0.2) is 5.82 Å². The van der Waals surface area contributed by atoms with E-state index in [4.69, 9.17) is 9.63 Å². The molecular weight excluding hydrogens is 236 g/mol. The van der Waals surface area contributed by atoms with Crippen LogP contribution in [0.4, 0.5) is 5.82 Å². The van der Waals surface area contributed by atoms with Gasteiger partial charge in [0.1, 0.15) is 5.82 Å². The molecule has 96 valence electrons. The van der Waals surface area contributed by atoms with Gasteiger partial charge in [-0.1, -0.05) is 5.16 Å². The molecule has 0 aromatic carbocycles. The van der Waals surface area contributed by atoms with E-state index in [0.29, 0.717) is 23.1 Å². The van der Waals surface area contributed by atoms with Gasteiger partial charge in [-0.25, -0.2) is 4.98 Å². The summed E-state index contributed by atoms with van der Waals surface area (Å²) in [5.74, 6) is 1.42. The van der Waals surface area contributed by atoms with Crippen LogP contribution in [-0.4, -0.2) is 44.6 Å². The third-order valence-corrected chi connectivity index (χ3v) is 2.28. The molecule has 7 heteroatoms. The Morgan fingerprint density at radius 3 is 3.00 bits per heavy atom. The molecule has 2 heterocycles. The fourth-order valence-corrected chi connectivity index (χ4v) is 1.40. The molecule has 0 fully saturated rings. The summed E-state index contributed by atoms with van der Waals surface area (Å²) < 4.78 is 5.07. The molecule has 3 N–H and O–H groups in total. The van der Waals surface area contributed by atoms with Gasteiger partial charge in [0.2, 0.25) is 0 Å². The van der Waals surface area contributed by atoms with E-state index in [1.54, 1.807) is 25.3 Å². The van der Waals surface area contributed by atoms with Crippen molar-refractivity contribution in [2.75, 3.05) is 18.5 Å². The minimum atomic E-state index is -0.843. The molecule has 7 nitrogen and oxygen atoms in total. The number of hydrogen-bond donors (Lipinski definition) is 3. The van der Waals surface area contributed by atoms with Crippen molar-refractivity contribution in [3.05, 3.63) is 24.2 Å². The summed E-state index contributed by atoms with van der Waals surface area (Å²) in [5.41, 5.74) is 0.656. The number of aromatic nitrogens is 3. The number of rotatable bonds is 5. The van der Waals surface area contributed by atoms with Crippen LogP contribution in [0.25, 0.3) is 11.5 Å². The van der Waals surface area contributed by atoms with Gasteiger partial charge in [0.05, 0.1) is 18.3 Å². The normalized spacial score (nSPS) is 12.4. The first-order chi connectivity index (χ1) is 8.70. The monoisotopic (exact) mass is 250 g/mol. The number of nitrogens with one attached hydrogen (secondary N) is 1. The second kappa shape index (κ2) is 5.56. The summed E-state index contributed by atoms with van der Waals surface area (Å²) in [6.07, 6.45) is 0.768. The van der Waals surface area contributed by atoms with Crippen LogP contribution in [0.15, 0.2) is 22.9 Å². The molecule has 0 spiro atoms. The van der Waals surface area contributed by atoms with Crippen molar-refractivity contribution in [1.29, 1.82) is 0 Å². The number of hydrogen-bond acceptors (Lipinski definition) is 7. The van der Waals surface area contributed by atoms with Crippen LogP contribution in [0.1, 0.15) is 5.82 Å². The molecule has 0 unspecified atom stereocenters. The van der Waals surface area contributed by atoms with E-state index in [-0.39, 0.29) is 13.2 Å². The summed E-state index contributed by atoms with van der Waals surface area (Å²) in [7, 11) is 0. The Hall–Kier alpha value is -1.99. The van der Waals surface area contributed by atoms with Gasteiger partial charge in [-0.05, 0) is 19.1 Å². The molecule has 0 bridgehead atoms. The van der Waals surface area contributed by atoms with E-state index in [1.807, 2.05) is 0 Å². The second-order valence-electron chi connectivity index (χ2n) is 3.76. The van der Waals surface area contributed by atoms with Gasteiger partial charge in [-0.15, -0.1) is 0 Å². The predicted molar refractivity (Wildman–Crippen MR) is 63.8 cm³/mol. The molecule has 1 atom stereocenters. The average molecular weight is 250 g/mol. The topological polar surface area (TPSA) is 104 Å². The number of aryl methyl sites for hydroxylation is 1. The van der Waals surface area contributed by atoms with E-state index >= 15 is 0 Å². The summed E-state index contributed by atoms with van der Waals surface area (Å²) in [6.45, 7) is 1.61. The third kappa shape index (κ3) is 2.82. The maximum atomic E-state index is 9.29. The fraction of sp³-hybridized carbons (Fsp3) is 0.364. The Labute approximate surface area is 103 Å². The Morgan fingerprint density at radius 2 is 2.33 bits per heavy atom. The highest BCUT2D eigenvalue weighted by Crippen LogP contribution is 2.23. The molecule has 2 aromatic rings. The number of pyridine rings is 1. The van der Waals surface area contributed by atoms with Crippen molar-refractivity contribution < 1.29 is 14.7 Å². The van der Waals surface area contributed by atoms with E-state index < -0.39 is 6.10 Å². The SMILES string of the molecule is Cc1noc(-c2cccnc2NC[C@H](O)CO)n1. The highest BCUT2D eigenvalue weighted by Gasteiger charge is 2.13. The average Bonchev–Trinajstić information content (AvgIpc) is 2.83. The third-order valence-electron chi connectivity index (χ3n) is 2.28. The van der Waals surface area contributed by atoms with Gasteiger partial charge in [0, 0.05) is 12.7 Å². The van der Waals surface area contributed by atoms with Crippen LogP contribution in [0.2, 0.25) is 0 Å². The van der Waals surface area contributed by atoms with Crippen LogP contribution in [0, 0.1) is 6.92 Å². The van der Waals surface area contributed by atoms with Gasteiger partial charge >= 0.3 is 0 Å². The Balaban J connectivity index is 2.20. The largest absolute Gasteiger partial charge is 0.394 e. The van der Waals surface area contributed by atoms with Crippen molar-refractivity contribution in [3.63, 3.8) is 0 Å². The number of aliphatic hydroxyl groups is 2. The van der Waals surface area contributed by atoms with E-state index in [9.17, 15) is 5.11 Å². The quantitative estimate of drug-likeness (QED) is 0.696. The number of aliphatic hydroxyl groups excluding tert-OH is 2. The van der Waals surface area contributed by atoms with Crippen molar-refractivity contribution >= 4 is 5.82 Å². The van der Waals surface area contributed by atoms with Crippen LogP contribution < -0.4 is 5.32 Å². The lowest BCUT2D eigenvalue weighted by molar-refractivity contribution is 0.105. The summed E-state index contributed by atoms with van der Waals surface area (Å²) in [6, 6.07) is 3.54. The molecule has 0 aliphatic carbocycles. The van der Waals surface area contributed by atoms with E-state index in [0.717, 1.165) is 0 Å². The first-order valence-electron chi connectivity index (χ1n) is 5.49. The summed E-state index contributed by atoms with van der Waals surface area (Å²) in [4.78, 5) is 8.26. The highest BCUT2D eigenvalue weighted by molar-refractivity contribution is 5.68. The van der Waals surface area contributed by atoms with E-state index in [2.05, 4.69) is 20.4 Å². The Kier molecular flexibility index (Phi) is 3.85. The Morgan fingerprint density at radius 1 is 1.50 bits per heavy atom. The van der Waals surface area contributed by atoms with Crippen molar-refractivity contribution in [1.82, 2.24) is 15.1 Å². The first kappa shape index (κ1) is 12.5. The summed E-state index contributed by atoms with van der Waals surface area (Å²) in [5, 5.41) is 24.7. The smallest absolute Gasteiger partial charge is 0.261 e. The standard InChI is InChI=1S/C11H14N4O3/c1-7-14-11(18-15-7)9-3-2-4-12-10(9)13-5-8(17)6-16/h2-4,8,16-17H,5-6H2,1H3,(H,12,13)/t8-/m0/s1. The molecule has 0 saturated carbocycles. The van der Waals surface area contributed by atoms with Crippen LogP contribution in [-0.2, 0) is 0 Å². The molecule has 0 radical (unpaired) electrons. The zero-order chi connectivity index (χ0) is 13.0. The number of nitrogens with zero attached hydrogens (tertiary/aromatic N) is 3. The lowest BCUT2D eigenvalue weighted by Crippen LogP contribution is -2.23. The summed E-state index contributed by atoms with van der Waals surface area (Å²) >= 11 is 0. The van der Waals surface area contributed by atoms with Gasteiger partial charge in [-0.3, -0.25) is 0 Å². The first-order valence-corrected chi connectivity index (χ1v) is 5.49. The molecule has 2 rings (SSSR count). The fourth-order valence-electron chi connectivity index (χ4n) is 1.40. The maximum Gasteiger partial charge on any atom is 0.261 e. The van der Waals surface area contributed by atoms with Crippen LogP contribution in [0.5, 0.6) is 0 Å². The second-order valence-corrected chi connectivity index (χ2v) is 3.76. The van der Waals surface area contributed by atoms with Crippen LogP contribution in [0.3, 0.4) is 0 Å². The predicted octanol–water partition coefficient (Wildman–Crippen LogP) is 0.205. The number of anilines is 1. The lowest BCUT2D eigenvalue weighted by Gasteiger charge is -2.11. The van der Waals surface area contributed by atoms with Crippen molar-refractivity contribution in [2.24, 2.45) is 0 Å². The molecule has 18 heavy (non-hydrogen) atoms. The zero-order valence-corrected chi connectivity index (χ0v) is 9.87. The van der Waals surface area contributed by atoms with Crippen molar-refractivity contribution in [3.8, 4) is 11.5 Å². The molecule has 0 aliphatic rings. The Bertz CT molecular complexity index is 514. The van der Waals surface area contributed by atoms with Crippen LogP contribution >= 0.6 is 0 Å². The minimum Gasteiger partial charge on any atom is -0.394 e. The van der Waals surface area contributed by atoms with Gasteiger partial charge in [0.25, 0.3) is 5.89 Å². The van der Waals surface area contributed by atoms with Crippen molar-refractivity contribution in [2.45, 2.75) is 13.0 Å². The lowest BCUT2D eigenvalue weighted by atomic mass is 10.2. The zero-order valence-electron chi connectivity index (χ0n) is 9.87. The van der Waals surface area contributed by atoms with E-state index in [1.165, 1.54) is 0 Å². The highest BCUT2D eigenvalue weighted by atomic mass is 16.5. The van der Waals surface area contributed by atoms with Gasteiger partial charge < -0.3 is 20.1 Å². The van der Waals surface area contributed by atoms with Gasteiger partial charge in [-0.2, -0.15) is 4.98 Å². The molecule has 0 aliphatic heterocycles. The molecule has 0 amide bonds. The molecule has 2 aromatic heterocycles. The maximum absolute atomic E-state index is 9.29. The molecule has 0 saturated heterocycles.